The highest BCUT2D eigenvalue weighted by molar-refractivity contribution is 7.91. The summed E-state index contributed by atoms with van der Waals surface area (Å²) < 4.78 is 23.1. The molecule has 1 aliphatic heterocycles. The molecule has 0 amide bonds. The standard InChI is InChI=1S/C17H21ClN2O3S/c1-11-3-4-13-14(9-12(2)20-16(13)15(11)18)19-10-17(21)5-7-24(22,23)8-6-17/h3-4,9,21H,5-8,10H2,1-2H3,(H,19,20). The molecule has 2 N–H and O–H groups in total. The minimum atomic E-state index is -3.00. The first-order valence-corrected chi connectivity index (χ1v) is 10.1. The van der Waals surface area contributed by atoms with Crippen LogP contribution in [0.15, 0.2) is 18.2 Å². The fraction of sp³-hybridized carbons (Fsp3) is 0.471. The highest BCUT2D eigenvalue weighted by atomic mass is 35.5. The highest BCUT2D eigenvalue weighted by Crippen LogP contribution is 2.32. The Labute approximate surface area is 147 Å². The van der Waals surface area contributed by atoms with Gasteiger partial charge in [-0.2, -0.15) is 0 Å². The fourth-order valence-electron chi connectivity index (χ4n) is 2.99. The topological polar surface area (TPSA) is 79.3 Å². The molecule has 0 radical (unpaired) electrons. The second-order valence-electron chi connectivity index (χ2n) is 6.63. The smallest absolute Gasteiger partial charge is 0.150 e. The number of aryl methyl sites for hydroxylation is 2. The molecule has 1 aromatic carbocycles. The van der Waals surface area contributed by atoms with Crippen LogP contribution in [0.25, 0.3) is 10.9 Å². The number of fused-ring (bicyclic) bond motifs is 1. The Bertz CT molecular complexity index is 882. The zero-order valence-electron chi connectivity index (χ0n) is 13.8. The van der Waals surface area contributed by atoms with Crippen LogP contribution in [-0.2, 0) is 9.84 Å². The number of nitrogens with zero attached hydrogens (tertiary/aromatic N) is 1. The van der Waals surface area contributed by atoms with Crippen molar-refractivity contribution in [2.75, 3.05) is 23.4 Å². The van der Waals surface area contributed by atoms with Gasteiger partial charge in [-0.3, -0.25) is 4.98 Å². The summed E-state index contributed by atoms with van der Waals surface area (Å²) in [4.78, 5) is 4.51. The van der Waals surface area contributed by atoms with E-state index >= 15 is 0 Å². The lowest BCUT2D eigenvalue weighted by molar-refractivity contribution is 0.0436. The monoisotopic (exact) mass is 368 g/mol. The number of hydrogen-bond acceptors (Lipinski definition) is 5. The number of pyridine rings is 1. The van der Waals surface area contributed by atoms with Crippen LogP contribution in [0.4, 0.5) is 5.69 Å². The number of aromatic nitrogens is 1. The molecule has 1 aromatic heterocycles. The zero-order chi connectivity index (χ0) is 17.5. The van der Waals surface area contributed by atoms with Gasteiger partial charge in [0.1, 0.15) is 0 Å². The number of hydrogen-bond donors (Lipinski definition) is 2. The van der Waals surface area contributed by atoms with Gasteiger partial charge >= 0.3 is 0 Å². The van der Waals surface area contributed by atoms with Gasteiger partial charge in [0, 0.05) is 23.3 Å². The lowest BCUT2D eigenvalue weighted by Gasteiger charge is -2.32. The van der Waals surface area contributed by atoms with Crippen LogP contribution in [0.1, 0.15) is 24.1 Å². The van der Waals surface area contributed by atoms with Crippen molar-refractivity contribution in [3.63, 3.8) is 0 Å². The molecule has 1 aliphatic rings. The van der Waals surface area contributed by atoms with E-state index in [9.17, 15) is 13.5 Å². The highest BCUT2D eigenvalue weighted by Gasteiger charge is 2.35. The van der Waals surface area contributed by atoms with Crippen LogP contribution in [0.2, 0.25) is 5.02 Å². The Morgan fingerprint density at radius 3 is 2.62 bits per heavy atom. The van der Waals surface area contributed by atoms with E-state index in [1.807, 2.05) is 32.0 Å². The second kappa shape index (κ2) is 6.17. The molecule has 3 rings (SSSR count). The molecule has 0 atom stereocenters. The third kappa shape index (κ3) is 3.50. The lowest BCUT2D eigenvalue weighted by atomic mass is 9.96. The van der Waals surface area contributed by atoms with Gasteiger partial charge in [-0.05, 0) is 38.3 Å². The Balaban J connectivity index is 1.87. The van der Waals surface area contributed by atoms with Gasteiger partial charge in [0.25, 0.3) is 0 Å². The van der Waals surface area contributed by atoms with Crippen molar-refractivity contribution in [1.82, 2.24) is 4.98 Å². The van der Waals surface area contributed by atoms with E-state index in [2.05, 4.69) is 10.3 Å². The van der Waals surface area contributed by atoms with E-state index in [4.69, 9.17) is 11.6 Å². The SMILES string of the molecule is Cc1cc(NCC2(O)CCS(=O)(=O)CC2)c2ccc(C)c(Cl)c2n1. The predicted octanol–water partition coefficient (Wildman–Crippen LogP) is 2.86. The number of benzene rings is 1. The number of halogens is 1. The van der Waals surface area contributed by atoms with Crippen molar-refractivity contribution in [3.05, 3.63) is 34.5 Å². The van der Waals surface area contributed by atoms with Gasteiger partial charge in [-0.25, -0.2) is 8.42 Å². The van der Waals surface area contributed by atoms with Crippen molar-refractivity contribution in [3.8, 4) is 0 Å². The van der Waals surface area contributed by atoms with Crippen LogP contribution in [-0.4, -0.2) is 42.2 Å². The minimum absolute atomic E-state index is 0.0341. The summed E-state index contributed by atoms with van der Waals surface area (Å²) in [5.41, 5.74) is 2.36. The maximum Gasteiger partial charge on any atom is 0.150 e. The first kappa shape index (κ1) is 17.5. The summed E-state index contributed by atoms with van der Waals surface area (Å²) in [6.45, 7) is 4.13. The molecule has 2 aromatic rings. The third-order valence-electron chi connectivity index (χ3n) is 4.61. The Hall–Kier alpha value is -1.37. The molecule has 24 heavy (non-hydrogen) atoms. The first-order chi connectivity index (χ1) is 11.2. The first-order valence-electron chi connectivity index (χ1n) is 7.92. The van der Waals surface area contributed by atoms with Crippen LogP contribution < -0.4 is 5.32 Å². The summed E-state index contributed by atoms with van der Waals surface area (Å²) in [7, 11) is -3.00. The Morgan fingerprint density at radius 1 is 1.29 bits per heavy atom. The van der Waals surface area contributed by atoms with E-state index in [0.717, 1.165) is 27.8 Å². The van der Waals surface area contributed by atoms with Crippen molar-refractivity contribution >= 4 is 38.0 Å². The molecule has 130 valence electrons. The number of aliphatic hydroxyl groups is 1. The molecule has 0 bridgehead atoms. The van der Waals surface area contributed by atoms with Crippen LogP contribution >= 0.6 is 11.6 Å². The lowest BCUT2D eigenvalue weighted by Crippen LogP contribution is -2.44. The summed E-state index contributed by atoms with van der Waals surface area (Å²) >= 11 is 6.37. The van der Waals surface area contributed by atoms with Gasteiger partial charge in [0.15, 0.2) is 9.84 Å². The number of nitrogens with one attached hydrogen (secondary N) is 1. The maximum absolute atomic E-state index is 11.5. The summed E-state index contributed by atoms with van der Waals surface area (Å²) in [6.07, 6.45) is 0.508. The van der Waals surface area contributed by atoms with Crippen molar-refractivity contribution in [2.24, 2.45) is 0 Å². The van der Waals surface area contributed by atoms with Gasteiger partial charge in [0.2, 0.25) is 0 Å². The normalized spacial score (nSPS) is 19.3. The van der Waals surface area contributed by atoms with Crippen molar-refractivity contribution in [2.45, 2.75) is 32.3 Å². The van der Waals surface area contributed by atoms with Crippen molar-refractivity contribution in [1.29, 1.82) is 0 Å². The molecule has 0 unspecified atom stereocenters. The van der Waals surface area contributed by atoms with E-state index in [-0.39, 0.29) is 24.3 Å². The molecule has 0 aliphatic carbocycles. The summed E-state index contributed by atoms with van der Waals surface area (Å²) in [6, 6.07) is 5.81. The number of anilines is 1. The van der Waals surface area contributed by atoms with Gasteiger partial charge < -0.3 is 10.4 Å². The third-order valence-corrected chi connectivity index (χ3v) is 6.73. The van der Waals surface area contributed by atoms with E-state index in [1.165, 1.54) is 0 Å². The molecular weight excluding hydrogens is 348 g/mol. The van der Waals surface area contributed by atoms with Gasteiger partial charge in [0.05, 0.1) is 27.6 Å². The molecule has 7 heteroatoms. The van der Waals surface area contributed by atoms with E-state index < -0.39 is 15.4 Å². The molecular formula is C17H21ClN2O3S. The molecule has 0 saturated carbocycles. The molecule has 2 heterocycles. The van der Waals surface area contributed by atoms with E-state index in [1.54, 1.807) is 0 Å². The summed E-state index contributed by atoms with van der Waals surface area (Å²) in [5, 5.41) is 15.4. The number of sulfone groups is 1. The van der Waals surface area contributed by atoms with Crippen LogP contribution in [0.5, 0.6) is 0 Å². The molecule has 0 spiro atoms. The van der Waals surface area contributed by atoms with E-state index in [0.29, 0.717) is 11.6 Å². The maximum atomic E-state index is 11.5. The minimum Gasteiger partial charge on any atom is -0.388 e. The Morgan fingerprint density at radius 2 is 1.96 bits per heavy atom. The average Bonchev–Trinajstić information content (AvgIpc) is 2.53. The quantitative estimate of drug-likeness (QED) is 0.870. The zero-order valence-corrected chi connectivity index (χ0v) is 15.3. The predicted molar refractivity (Wildman–Crippen MR) is 97.6 cm³/mol. The largest absolute Gasteiger partial charge is 0.388 e. The second-order valence-corrected chi connectivity index (χ2v) is 9.32. The van der Waals surface area contributed by atoms with Gasteiger partial charge in [-0.1, -0.05) is 23.7 Å². The number of rotatable bonds is 3. The van der Waals surface area contributed by atoms with Crippen LogP contribution in [0.3, 0.4) is 0 Å². The molecule has 5 nitrogen and oxygen atoms in total. The molecule has 1 fully saturated rings. The Kier molecular flexibility index (Phi) is 4.49. The fourth-order valence-corrected chi connectivity index (χ4v) is 4.78. The summed E-state index contributed by atoms with van der Waals surface area (Å²) in [5.74, 6) is 0.0681. The average molecular weight is 369 g/mol. The van der Waals surface area contributed by atoms with Crippen molar-refractivity contribution < 1.29 is 13.5 Å². The van der Waals surface area contributed by atoms with Gasteiger partial charge in [-0.15, -0.1) is 0 Å². The molecule has 1 saturated heterocycles. The van der Waals surface area contributed by atoms with Crippen LogP contribution in [0, 0.1) is 13.8 Å².